The van der Waals surface area contributed by atoms with Crippen molar-refractivity contribution in [3.05, 3.63) is 180 Å². The lowest BCUT2D eigenvalue weighted by Crippen LogP contribution is -2.05. The molecule has 1 aliphatic heterocycles. The van der Waals surface area contributed by atoms with Gasteiger partial charge in [-0.1, -0.05) is 121 Å². The molecule has 9 rings (SSSR count). The predicted molar refractivity (Wildman–Crippen MR) is 200 cm³/mol. The van der Waals surface area contributed by atoms with Crippen molar-refractivity contribution in [2.75, 3.05) is 0 Å². The molecule has 0 saturated carbocycles. The molecule has 7 aromatic carbocycles. The Morgan fingerprint density at radius 1 is 0.571 bits per heavy atom. The second-order valence-electron chi connectivity index (χ2n) is 12.2. The quantitative estimate of drug-likeness (QED) is 0.185. The Bertz CT molecular complexity index is 2570. The molecule has 0 aliphatic carbocycles. The molecule has 0 fully saturated rings. The van der Waals surface area contributed by atoms with E-state index in [0.717, 1.165) is 66.4 Å². The van der Waals surface area contributed by atoms with Gasteiger partial charge in [-0.05, 0) is 64.6 Å². The molecule has 0 spiro atoms. The van der Waals surface area contributed by atoms with Gasteiger partial charge in [0.2, 0.25) is 0 Å². The maximum atomic E-state index is 6.81. The highest BCUT2D eigenvalue weighted by Gasteiger charge is 2.27. The lowest BCUT2D eigenvalue weighted by Gasteiger charge is -2.23. The first-order chi connectivity index (χ1) is 24.2. The van der Waals surface area contributed by atoms with Crippen LogP contribution in [0.15, 0.2) is 169 Å². The van der Waals surface area contributed by atoms with Crippen molar-refractivity contribution in [1.82, 2.24) is 4.57 Å². The average molecular weight is 634 g/mol. The molecule has 5 nitrogen and oxygen atoms in total. The molecule has 1 aromatic heterocycles. The molecular formula is C44H31N3O2. The second kappa shape index (κ2) is 11.9. The van der Waals surface area contributed by atoms with Crippen LogP contribution < -0.4 is 15.2 Å². The minimum atomic E-state index is 0.567. The van der Waals surface area contributed by atoms with Crippen LogP contribution >= 0.6 is 0 Å². The zero-order chi connectivity index (χ0) is 32.7. The van der Waals surface area contributed by atoms with Crippen molar-refractivity contribution in [2.45, 2.75) is 6.54 Å². The Labute approximate surface area is 283 Å². The number of nitrogens with two attached hydrogens (primary N) is 1. The van der Waals surface area contributed by atoms with Crippen molar-refractivity contribution >= 4 is 44.0 Å². The number of hydrogen-bond donors (Lipinski definition) is 1. The standard InChI is InChI=1S/C44H31N3O2/c45-37(27-38(32-14-5-2-6-15-32)46-28-29-11-3-1-4-12-29)31-19-22-33(23-20-31)47-39-18-10-9-17-35(39)36-24-26-41-44(42(36)47)49-43-34-16-8-7-13-30(34)21-25-40(43)48-41/h1-27H,28,45H2/b37-27-,46-38?. The monoisotopic (exact) mass is 633 g/mol. The first-order valence-electron chi connectivity index (χ1n) is 16.4. The molecule has 0 saturated heterocycles. The second-order valence-corrected chi connectivity index (χ2v) is 12.2. The van der Waals surface area contributed by atoms with Crippen molar-refractivity contribution in [1.29, 1.82) is 0 Å². The van der Waals surface area contributed by atoms with Gasteiger partial charge in [-0.2, -0.15) is 0 Å². The van der Waals surface area contributed by atoms with Gasteiger partial charge < -0.3 is 19.8 Å². The Morgan fingerprint density at radius 3 is 2.06 bits per heavy atom. The number of ether oxygens (including phenoxy) is 2. The van der Waals surface area contributed by atoms with Crippen LogP contribution in [-0.4, -0.2) is 10.3 Å². The van der Waals surface area contributed by atoms with E-state index in [2.05, 4.69) is 102 Å². The minimum absolute atomic E-state index is 0.567. The van der Waals surface area contributed by atoms with Crippen LogP contribution in [0.3, 0.4) is 0 Å². The summed E-state index contributed by atoms with van der Waals surface area (Å²) in [6.45, 7) is 0.567. The van der Waals surface area contributed by atoms with Gasteiger partial charge in [-0.15, -0.1) is 0 Å². The van der Waals surface area contributed by atoms with Gasteiger partial charge in [-0.25, -0.2) is 0 Å². The number of aromatic nitrogens is 1. The third-order valence-corrected chi connectivity index (χ3v) is 9.12. The fourth-order valence-electron chi connectivity index (χ4n) is 6.71. The molecule has 2 N–H and O–H groups in total. The van der Waals surface area contributed by atoms with E-state index in [0.29, 0.717) is 29.5 Å². The lowest BCUT2D eigenvalue weighted by molar-refractivity contribution is 0.366. The molecule has 0 unspecified atom stereocenters. The number of para-hydroxylation sites is 1. The molecule has 0 atom stereocenters. The molecule has 1 aliphatic rings. The summed E-state index contributed by atoms with van der Waals surface area (Å²) in [6, 6.07) is 53.6. The van der Waals surface area contributed by atoms with Crippen molar-refractivity contribution in [2.24, 2.45) is 10.7 Å². The normalized spacial score (nSPS) is 12.8. The first kappa shape index (κ1) is 28.6. The zero-order valence-corrected chi connectivity index (χ0v) is 26.6. The Morgan fingerprint density at radius 2 is 1.24 bits per heavy atom. The summed E-state index contributed by atoms with van der Waals surface area (Å²) in [6.07, 6.45) is 1.97. The molecule has 2 heterocycles. The Hall–Kier alpha value is -6.59. The first-order valence-corrected chi connectivity index (χ1v) is 16.4. The number of aliphatic imine (C=N–C) groups is 1. The average Bonchev–Trinajstić information content (AvgIpc) is 3.51. The number of fused-ring (bicyclic) bond motifs is 8. The highest BCUT2D eigenvalue weighted by Crippen LogP contribution is 2.52. The van der Waals surface area contributed by atoms with Gasteiger partial charge in [-0.3, -0.25) is 4.99 Å². The lowest BCUT2D eigenvalue weighted by atomic mass is 10.1. The van der Waals surface area contributed by atoms with Crippen LogP contribution in [0, 0.1) is 0 Å². The summed E-state index contributed by atoms with van der Waals surface area (Å²) < 4.78 is 15.5. The van der Waals surface area contributed by atoms with E-state index >= 15 is 0 Å². The fraction of sp³-hybridized carbons (Fsp3) is 0.0227. The van der Waals surface area contributed by atoms with Crippen molar-refractivity contribution in [3.63, 3.8) is 0 Å². The van der Waals surface area contributed by atoms with Gasteiger partial charge in [0, 0.05) is 27.5 Å². The van der Waals surface area contributed by atoms with Crippen LogP contribution in [0.25, 0.3) is 44.0 Å². The summed E-state index contributed by atoms with van der Waals surface area (Å²) >= 11 is 0. The largest absolute Gasteiger partial charge is 0.449 e. The summed E-state index contributed by atoms with van der Waals surface area (Å²) in [5.41, 5.74) is 14.3. The van der Waals surface area contributed by atoms with Crippen LogP contribution in [0.1, 0.15) is 16.7 Å². The Balaban J connectivity index is 1.13. The topological polar surface area (TPSA) is 61.8 Å². The molecular weight excluding hydrogens is 603 g/mol. The van der Waals surface area contributed by atoms with Crippen LogP contribution in [-0.2, 0) is 6.54 Å². The van der Waals surface area contributed by atoms with Gasteiger partial charge >= 0.3 is 0 Å². The number of rotatable bonds is 6. The van der Waals surface area contributed by atoms with E-state index in [1.807, 2.05) is 66.7 Å². The summed E-state index contributed by atoms with van der Waals surface area (Å²) in [5, 5.41) is 4.34. The molecule has 0 amide bonds. The summed E-state index contributed by atoms with van der Waals surface area (Å²) in [4.78, 5) is 4.96. The third kappa shape index (κ3) is 5.09. The zero-order valence-electron chi connectivity index (χ0n) is 26.6. The number of allylic oxidation sites excluding steroid dienone is 1. The SMILES string of the molecule is N/C(=C\C(=NCc1ccccc1)c1ccccc1)c1ccc(-n2c3ccccc3c3ccc4c(c32)Oc2c(ccc3ccccc23)O4)cc1. The highest BCUT2D eigenvalue weighted by atomic mass is 16.6. The summed E-state index contributed by atoms with van der Waals surface area (Å²) in [7, 11) is 0. The minimum Gasteiger partial charge on any atom is -0.449 e. The maximum absolute atomic E-state index is 6.81. The van der Waals surface area contributed by atoms with E-state index in [9.17, 15) is 0 Å². The molecule has 5 heteroatoms. The summed E-state index contributed by atoms with van der Waals surface area (Å²) in [5.74, 6) is 2.82. The molecule has 234 valence electrons. The van der Waals surface area contributed by atoms with E-state index in [1.54, 1.807) is 0 Å². The fourth-order valence-corrected chi connectivity index (χ4v) is 6.71. The van der Waals surface area contributed by atoms with Crippen LogP contribution in [0.2, 0.25) is 0 Å². The molecule has 49 heavy (non-hydrogen) atoms. The van der Waals surface area contributed by atoms with E-state index in [1.165, 1.54) is 0 Å². The molecule has 8 aromatic rings. The van der Waals surface area contributed by atoms with Gasteiger partial charge in [0.25, 0.3) is 0 Å². The van der Waals surface area contributed by atoms with Crippen molar-refractivity contribution in [3.8, 4) is 28.7 Å². The smallest absolute Gasteiger partial charge is 0.194 e. The van der Waals surface area contributed by atoms with E-state index < -0.39 is 0 Å². The number of benzene rings is 7. The molecule has 0 radical (unpaired) electrons. The maximum Gasteiger partial charge on any atom is 0.194 e. The van der Waals surface area contributed by atoms with Gasteiger partial charge in [0.1, 0.15) is 5.52 Å². The number of hydrogen-bond acceptors (Lipinski definition) is 4. The van der Waals surface area contributed by atoms with E-state index in [-0.39, 0.29) is 0 Å². The van der Waals surface area contributed by atoms with Crippen LogP contribution in [0.5, 0.6) is 23.0 Å². The van der Waals surface area contributed by atoms with Crippen molar-refractivity contribution < 1.29 is 9.47 Å². The highest BCUT2D eigenvalue weighted by molar-refractivity contribution is 6.13. The van der Waals surface area contributed by atoms with Gasteiger partial charge in [0.05, 0.1) is 17.8 Å². The Kier molecular flexibility index (Phi) is 6.95. The van der Waals surface area contributed by atoms with Crippen LogP contribution in [0.4, 0.5) is 0 Å². The van der Waals surface area contributed by atoms with E-state index in [4.69, 9.17) is 20.2 Å². The molecule has 0 bridgehead atoms. The number of nitrogens with zero attached hydrogens (tertiary/aromatic N) is 2. The third-order valence-electron chi connectivity index (χ3n) is 9.12. The van der Waals surface area contributed by atoms with Gasteiger partial charge in [0.15, 0.2) is 23.0 Å². The predicted octanol–water partition coefficient (Wildman–Crippen LogP) is 10.8.